The topological polar surface area (TPSA) is 57.5 Å². The first-order chi connectivity index (χ1) is 12.3. The van der Waals surface area contributed by atoms with Crippen LogP contribution in [0.25, 0.3) is 0 Å². The van der Waals surface area contributed by atoms with E-state index in [1.54, 1.807) is 0 Å². The second-order valence-electron chi connectivity index (χ2n) is 7.58. The van der Waals surface area contributed by atoms with Crippen LogP contribution in [0, 0.1) is 0 Å². The van der Waals surface area contributed by atoms with Gasteiger partial charge in [-0.05, 0) is 12.8 Å². The van der Waals surface area contributed by atoms with Crippen molar-refractivity contribution in [1.29, 1.82) is 0 Å². The van der Waals surface area contributed by atoms with Gasteiger partial charge >= 0.3 is 24.8 Å². The standard InChI is InChI=1S/C22H44O3.Li.H/c23-21-19-17-15-13-11-9-7-5-3-1-2-4-6-8-10-12-14-16-18-20-22(24)25;;/h23H,1-21H2,(H,24,25);;/q;+1;-1. The number of hydrogen-bond acceptors (Lipinski definition) is 2. The maximum atomic E-state index is 10.4. The van der Waals surface area contributed by atoms with Gasteiger partial charge in [-0.2, -0.15) is 0 Å². The van der Waals surface area contributed by atoms with E-state index in [2.05, 4.69) is 0 Å². The third-order valence-corrected chi connectivity index (χ3v) is 5.05. The van der Waals surface area contributed by atoms with Gasteiger partial charge in [0.25, 0.3) is 0 Å². The molecule has 152 valence electrons. The molecule has 0 aromatic rings. The van der Waals surface area contributed by atoms with E-state index < -0.39 is 5.97 Å². The molecule has 0 saturated heterocycles. The van der Waals surface area contributed by atoms with E-state index in [1.165, 1.54) is 103 Å². The minimum Gasteiger partial charge on any atom is -1.00 e. The van der Waals surface area contributed by atoms with Crippen LogP contribution in [0.5, 0.6) is 0 Å². The van der Waals surface area contributed by atoms with Crippen LogP contribution in [0.1, 0.15) is 130 Å². The Morgan fingerprint density at radius 1 is 0.500 bits per heavy atom. The molecule has 0 fully saturated rings. The van der Waals surface area contributed by atoms with Crippen molar-refractivity contribution in [3.8, 4) is 0 Å². The van der Waals surface area contributed by atoms with E-state index >= 15 is 0 Å². The van der Waals surface area contributed by atoms with Crippen LogP contribution in [-0.2, 0) is 4.79 Å². The fourth-order valence-electron chi connectivity index (χ4n) is 3.39. The summed E-state index contributed by atoms with van der Waals surface area (Å²) in [7, 11) is 0. The van der Waals surface area contributed by atoms with Gasteiger partial charge in [-0.15, -0.1) is 0 Å². The fraction of sp³-hybridized carbons (Fsp3) is 0.955. The number of aliphatic hydroxyl groups excluding tert-OH is 1. The summed E-state index contributed by atoms with van der Waals surface area (Å²) in [6.07, 6.45) is 24.8. The van der Waals surface area contributed by atoms with Crippen LogP contribution in [0.4, 0.5) is 0 Å². The number of aliphatic hydroxyl groups is 1. The summed E-state index contributed by atoms with van der Waals surface area (Å²) in [6.45, 7) is 0.356. The average Bonchev–Trinajstić information content (AvgIpc) is 2.60. The number of aliphatic carboxylic acids is 1. The minimum absolute atomic E-state index is 0. The predicted octanol–water partition coefficient (Wildman–Crippen LogP) is 3.98. The Bertz CT molecular complexity index is 278. The van der Waals surface area contributed by atoms with E-state index in [0.717, 1.165) is 19.3 Å². The summed E-state index contributed by atoms with van der Waals surface area (Å²) in [6, 6.07) is 0. The van der Waals surface area contributed by atoms with E-state index in [9.17, 15) is 4.79 Å². The molecule has 0 unspecified atom stereocenters. The average molecular weight is 365 g/mol. The van der Waals surface area contributed by atoms with Gasteiger partial charge in [-0.3, -0.25) is 4.79 Å². The number of carboxylic acid groups (broad SMARTS) is 1. The largest absolute Gasteiger partial charge is 1.00 e. The molecule has 4 heteroatoms. The fourth-order valence-corrected chi connectivity index (χ4v) is 3.39. The first kappa shape index (κ1) is 28.2. The molecule has 2 N–H and O–H groups in total. The molecule has 0 aliphatic carbocycles. The van der Waals surface area contributed by atoms with Crippen LogP contribution >= 0.6 is 0 Å². The van der Waals surface area contributed by atoms with Crippen LogP contribution < -0.4 is 18.9 Å². The Morgan fingerprint density at radius 2 is 0.731 bits per heavy atom. The maximum absolute atomic E-state index is 10.4. The van der Waals surface area contributed by atoms with Gasteiger partial charge in [0.05, 0.1) is 0 Å². The Morgan fingerprint density at radius 3 is 0.962 bits per heavy atom. The van der Waals surface area contributed by atoms with Crippen molar-refractivity contribution >= 4 is 5.97 Å². The van der Waals surface area contributed by atoms with Crippen molar-refractivity contribution in [2.75, 3.05) is 6.61 Å². The number of rotatable bonds is 21. The van der Waals surface area contributed by atoms with Gasteiger partial charge < -0.3 is 11.6 Å². The number of carboxylic acids is 1. The quantitative estimate of drug-likeness (QED) is 0.239. The first-order valence-corrected chi connectivity index (χ1v) is 11.1. The Kier molecular flexibility index (Phi) is 27.2. The van der Waals surface area contributed by atoms with E-state index in [0.29, 0.717) is 13.0 Å². The summed E-state index contributed by atoms with van der Waals surface area (Å²) < 4.78 is 0. The van der Waals surface area contributed by atoms with Crippen molar-refractivity contribution in [1.82, 2.24) is 0 Å². The number of hydrogen-bond donors (Lipinski definition) is 2. The Labute approximate surface area is 176 Å². The zero-order chi connectivity index (χ0) is 18.4. The zero-order valence-corrected chi connectivity index (χ0v) is 17.7. The molecule has 0 aliphatic heterocycles. The molecule has 0 amide bonds. The molecule has 0 rings (SSSR count). The summed E-state index contributed by atoms with van der Waals surface area (Å²) in [5.41, 5.74) is 0. The van der Waals surface area contributed by atoms with Crippen molar-refractivity contribution in [2.24, 2.45) is 0 Å². The molecular weight excluding hydrogens is 319 g/mol. The van der Waals surface area contributed by atoms with Gasteiger partial charge in [0, 0.05) is 13.0 Å². The number of carbonyl (C=O) groups is 1. The molecular formula is C22H45LiO3. The van der Waals surface area contributed by atoms with Crippen molar-refractivity contribution in [2.45, 2.75) is 128 Å². The summed E-state index contributed by atoms with van der Waals surface area (Å²) in [5.74, 6) is -0.658. The molecule has 0 spiro atoms. The first-order valence-electron chi connectivity index (χ1n) is 11.1. The van der Waals surface area contributed by atoms with Gasteiger partial charge in [0.15, 0.2) is 0 Å². The normalized spacial score (nSPS) is 10.7. The minimum atomic E-state index is -0.658. The molecule has 0 aliphatic rings. The molecule has 0 saturated carbocycles. The molecule has 3 nitrogen and oxygen atoms in total. The van der Waals surface area contributed by atoms with Crippen LogP contribution in [0.2, 0.25) is 0 Å². The maximum Gasteiger partial charge on any atom is 1.00 e. The van der Waals surface area contributed by atoms with Crippen LogP contribution in [0.15, 0.2) is 0 Å². The molecule has 0 radical (unpaired) electrons. The molecule has 0 aromatic carbocycles. The molecule has 0 bridgehead atoms. The van der Waals surface area contributed by atoms with E-state index in [-0.39, 0.29) is 20.3 Å². The predicted molar refractivity (Wildman–Crippen MR) is 108 cm³/mol. The molecule has 0 heterocycles. The van der Waals surface area contributed by atoms with Crippen LogP contribution in [0.3, 0.4) is 0 Å². The van der Waals surface area contributed by atoms with Gasteiger partial charge in [0.1, 0.15) is 0 Å². The van der Waals surface area contributed by atoms with Gasteiger partial charge in [-0.25, -0.2) is 0 Å². The van der Waals surface area contributed by atoms with Gasteiger partial charge in [0.2, 0.25) is 0 Å². The van der Waals surface area contributed by atoms with Crippen molar-refractivity contribution < 1.29 is 35.3 Å². The Balaban J connectivity index is -0.00000288. The molecule has 26 heavy (non-hydrogen) atoms. The second-order valence-corrected chi connectivity index (χ2v) is 7.58. The monoisotopic (exact) mass is 364 g/mol. The van der Waals surface area contributed by atoms with Crippen molar-refractivity contribution in [3.05, 3.63) is 0 Å². The second kappa shape index (κ2) is 25.0. The third-order valence-electron chi connectivity index (χ3n) is 5.05. The molecule has 0 aromatic heterocycles. The van der Waals surface area contributed by atoms with Gasteiger partial charge in [-0.1, -0.05) is 109 Å². The summed E-state index contributed by atoms with van der Waals surface area (Å²) in [5, 5.41) is 17.3. The Hall–Kier alpha value is 0.0274. The summed E-state index contributed by atoms with van der Waals surface area (Å²) >= 11 is 0. The van der Waals surface area contributed by atoms with Crippen molar-refractivity contribution in [3.63, 3.8) is 0 Å². The third kappa shape index (κ3) is 26.3. The summed E-state index contributed by atoms with van der Waals surface area (Å²) in [4.78, 5) is 10.4. The number of unbranched alkanes of at least 4 members (excludes halogenated alkanes) is 18. The smallest absolute Gasteiger partial charge is 1.00 e. The van der Waals surface area contributed by atoms with E-state index in [4.69, 9.17) is 10.2 Å². The zero-order valence-electron chi connectivity index (χ0n) is 18.7. The molecule has 0 atom stereocenters. The van der Waals surface area contributed by atoms with E-state index in [1.807, 2.05) is 0 Å². The van der Waals surface area contributed by atoms with Crippen LogP contribution in [-0.4, -0.2) is 22.8 Å². The SMILES string of the molecule is O=C(O)CCCCCCCCCCCCCCCCCCCCCO.[H-].[Li+].